The average Bonchev–Trinajstić information content (AvgIpc) is 2.18. The van der Waals surface area contributed by atoms with E-state index in [4.69, 9.17) is 0 Å². The van der Waals surface area contributed by atoms with Crippen molar-refractivity contribution in [2.24, 2.45) is 5.92 Å². The van der Waals surface area contributed by atoms with Crippen LogP contribution in [-0.4, -0.2) is 13.1 Å². The smallest absolute Gasteiger partial charge is 0.0377 e. The van der Waals surface area contributed by atoms with Gasteiger partial charge in [-0.1, -0.05) is 28.9 Å². The molecule has 1 atom stereocenters. The van der Waals surface area contributed by atoms with Crippen LogP contribution in [-0.2, 0) is 0 Å². The highest BCUT2D eigenvalue weighted by Gasteiger charge is 2.16. The predicted octanol–water partition coefficient (Wildman–Crippen LogP) is 3.69. The van der Waals surface area contributed by atoms with E-state index in [2.05, 4.69) is 52.0 Å². The van der Waals surface area contributed by atoms with Gasteiger partial charge in [-0.25, -0.2) is 0 Å². The molecule has 76 valence electrons. The third-order valence-corrected chi connectivity index (χ3v) is 3.32. The molecule has 1 unspecified atom stereocenters. The second kappa shape index (κ2) is 4.35. The summed E-state index contributed by atoms with van der Waals surface area (Å²) in [4.78, 5) is 2.49. The molecule has 0 radical (unpaired) electrons. The van der Waals surface area contributed by atoms with Gasteiger partial charge in [0.2, 0.25) is 0 Å². The van der Waals surface area contributed by atoms with Crippen molar-refractivity contribution in [1.82, 2.24) is 0 Å². The summed E-state index contributed by atoms with van der Waals surface area (Å²) in [5.41, 5.74) is 1.35. The van der Waals surface area contributed by atoms with Crippen LogP contribution in [0.5, 0.6) is 0 Å². The lowest BCUT2D eigenvalue weighted by Gasteiger charge is -2.32. The molecule has 1 fully saturated rings. The third kappa shape index (κ3) is 2.30. The maximum atomic E-state index is 3.52. The van der Waals surface area contributed by atoms with Crippen LogP contribution in [0.4, 0.5) is 5.69 Å². The van der Waals surface area contributed by atoms with E-state index in [1.165, 1.54) is 36.1 Å². The van der Waals surface area contributed by atoms with E-state index in [-0.39, 0.29) is 0 Å². The molecule has 1 aromatic carbocycles. The van der Waals surface area contributed by atoms with Crippen LogP contribution < -0.4 is 4.90 Å². The fraction of sp³-hybridized carbons (Fsp3) is 0.500. The molecule has 0 aromatic heterocycles. The van der Waals surface area contributed by atoms with Crippen molar-refractivity contribution in [1.29, 1.82) is 0 Å². The normalized spacial score (nSPS) is 22.4. The Balaban J connectivity index is 2.14. The van der Waals surface area contributed by atoms with E-state index in [0.29, 0.717) is 0 Å². The Labute approximate surface area is 94.2 Å². The lowest BCUT2D eigenvalue weighted by atomic mass is 10.00. The fourth-order valence-electron chi connectivity index (χ4n) is 2.10. The van der Waals surface area contributed by atoms with Crippen LogP contribution in [0.25, 0.3) is 0 Å². The summed E-state index contributed by atoms with van der Waals surface area (Å²) < 4.78 is 1.17. The zero-order chi connectivity index (χ0) is 9.97. The first-order chi connectivity index (χ1) is 6.75. The predicted molar refractivity (Wildman–Crippen MR) is 64.8 cm³/mol. The van der Waals surface area contributed by atoms with Gasteiger partial charge in [0, 0.05) is 23.2 Å². The highest BCUT2D eigenvalue weighted by atomic mass is 79.9. The molecule has 1 aromatic rings. The van der Waals surface area contributed by atoms with Crippen LogP contribution in [0.1, 0.15) is 19.8 Å². The maximum absolute atomic E-state index is 3.52. The molecule has 1 nitrogen and oxygen atoms in total. The van der Waals surface area contributed by atoms with E-state index in [0.717, 1.165) is 5.92 Å². The van der Waals surface area contributed by atoms with E-state index in [1.807, 2.05) is 0 Å². The molecule has 0 aliphatic carbocycles. The van der Waals surface area contributed by atoms with E-state index >= 15 is 0 Å². The number of anilines is 1. The van der Waals surface area contributed by atoms with Crippen LogP contribution in [0.15, 0.2) is 28.7 Å². The molecule has 0 N–H and O–H groups in total. The second-order valence-corrected chi connectivity index (χ2v) is 5.09. The van der Waals surface area contributed by atoms with Crippen LogP contribution in [0.3, 0.4) is 0 Å². The minimum atomic E-state index is 0.836. The fourth-order valence-corrected chi connectivity index (χ4v) is 2.48. The van der Waals surface area contributed by atoms with Gasteiger partial charge in [0.05, 0.1) is 0 Å². The van der Waals surface area contributed by atoms with Gasteiger partial charge in [-0.05, 0) is 37.0 Å². The molecular weight excluding hydrogens is 238 g/mol. The van der Waals surface area contributed by atoms with Crippen molar-refractivity contribution in [3.05, 3.63) is 28.7 Å². The number of halogens is 1. The van der Waals surface area contributed by atoms with Crippen molar-refractivity contribution in [2.75, 3.05) is 18.0 Å². The molecule has 14 heavy (non-hydrogen) atoms. The Kier molecular flexibility index (Phi) is 3.12. The second-order valence-electron chi connectivity index (χ2n) is 4.17. The first-order valence-electron chi connectivity index (χ1n) is 5.26. The molecule has 0 amide bonds. The molecule has 1 aliphatic heterocycles. The van der Waals surface area contributed by atoms with Crippen molar-refractivity contribution >= 4 is 21.6 Å². The van der Waals surface area contributed by atoms with E-state index in [9.17, 15) is 0 Å². The Bertz CT molecular complexity index is 311. The number of benzene rings is 1. The molecule has 1 aliphatic rings. The van der Waals surface area contributed by atoms with Crippen molar-refractivity contribution in [3.63, 3.8) is 0 Å². The minimum absolute atomic E-state index is 0.836. The highest BCUT2D eigenvalue weighted by molar-refractivity contribution is 9.10. The summed E-state index contributed by atoms with van der Waals surface area (Å²) in [6.45, 7) is 4.75. The molecular formula is C12H16BrN. The minimum Gasteiger partial charge on any atom is -0.371 e. The maximum Gasteiger partial charge on any atom is 0.0377 e. The third-order valence-electron chi connectivity index (χ3n) is 2.83. The molecule has 2 rings (SSSR count). The quantitative estimate of drug-likeness (QED) is 0.738. The summed E-state index contributed by atoms with van der Waals surface area (Å²) in [5, 5.41) is 0. The summed E-state index contributed by atoms with van der Waals surface area (Å²) in [5.74, 6) is 0.836. The van der Waals surface area contributed by atoms with Crippen LogP contribution >= 0.6 is 15.9 Å². The van der Waals surface area contributed by atoms with E-state index < -0.39 is 0 Å². The summed E-state index contributed by atoms with van der Waals surface area (Å²) in [6.07, 6.45) is 2.71. The zero-order valence-corrected chi connectivity index (χ0v) is 10.1. The number of hydrogen-bond acceptors (Lipinski definition) is 1. The topological polar surface area (TPSA) is 3.24 Å². The van der Waals surface area contributed by atoms with Gasteiger partial charge < -0.3 is 4.90 Å². The highest BCUT2D eigenvalue weighted by Crippen LogP contribution is 2.25. The lowest BCUT2D eigenvalue weighted by Crippen LogP contribution is -2.34. The Morgan fingerprint density at radius 2 is 2.29 bits per heavy atom. The standard InChI is InChI=1S/C12H16BrN/c1-10-4-3-7-14(9-10)12-6-2-5-11(13)8-12/h2,5-6,8,10H,3-4,7,9H2,1H3. The average molecular weight is 254 g/mol. The number of piperidine rings is 1. The monoisotopic (exact) mass is 253 g/mol. The molecule has 0 saturated carbocycles. The summed E-state index contributed by atoms with van der Waals surface area (Å²) in [6, 6.07) is 8.59. The van der Waals surface area contributed by atoms with Crippen molar-refractivity contribution in [2.45, 2.75) is 19.8 Å². The number of rotatable bonds is 1. The van der Waals surface area contributed by atoms with Gasteiger partial charge in [-0.2, -0.15) is 0 Å². The van der Waals surface area contributed by atoms with E-state index in [1.54, 1.807) is 0 Å². The molecule has 1 heterocycles. The zero-order valence-electron chi connectivity index (χ0n) is 8.54. The Morgan fingerprint density at radius 3 is 3.00 bits per heavy atom. The first-order valence-corrected chi connectivity index (χ1v) is 6.05. The number of hydrogen-bond donors (Lipinski definition) is 0. The van der Waals surface area contributed by atoms with Crippen molar-refractivity contribution < 1.29 is 0 Å². The van der Waals surface area contributed by atoms with Crippen molar-refractivity contribution in [3.8, 4) is 0 Å². The number of nitrogens with zero attached hydrogens (tertiary/aromatic N) is 1. The van der Waals surface area contributed by atoms with Gasteiger partial charge in [0.1, 0.15) is 0 Å². The molecule has 0 bridgehead atoms. The van der Waals surface area contributed by atoms with Gasteiger partial charge in [0.15, 0.2) is 0 Å². The van der Waals surface area contributed by atoms with Crippen LogP contribution in [0, 0.1) is 5.92 Å². The largest absolute Gasteiger partial charge is 0.371 e. The summed E-state index contributed by atoms with van der Waals surface area (Å²) in [7, 11) is 0. The van der Waals surface area contributed by atoms with Gasteiger partial charge in [0.25, 0.3) is 0 Å². The Morgan fingerprint density at radius 1 is 1.43 bits per heavy atom. The van der Waals surface area contributed by atoms with Gasteiger partial charge >= 0.3 is 0 Å². The SMILES string of the molecule is CC1CCCN(c2cccc(Br)c2)C1. The van der Waals surface area contributed by atoms with Gasteiger partial charge in [-0.3, -0.25) is 0 Å². The molecule has 2 heteroatoms. The van der Waals surface area contributed by atoms with Gasteiger partial charge in [-0.15, -0.1) is 0 Å². The first kappa shape index (κ1) is 10.0. The molecule has 0 spiro atoms. The summed E-state index contributed by atoms with van der Waals surface area (Å²) >= 11 is 3.52. The Hall–Kier alpha value is -0.500. The van der Waals surface area contributed by atoms with Crippen LogP contribution in [0.2, 0.25) is 0 Å². The molecule has 1 saturated heterocycles. The lowest BCUT2D eigenvalue weighted by molar-refractivity contribution is 0.447.